The highest BCUT2D eigenvalue weighted by Gasteiger charge is 2.48. The Hall–Kier alpha value is -0.600. The second-order valence-electron chi connectivity index (χ2n) is 2.54. The molecule has 1 aliphatic rings. The van der Waals surface area contributed by atoms with Crippen molar-refractivity contribution in [2.45, 2.75) is 25.4 Å². The molecule has 62 valence electrons. The number of nitrogens with zero attached hydrogens (tertiary/aromatic N) is 1. The molecule has 0 heterocycles. The summed E-state index contributed by atoms with van der Waals surface area (Å²) in [5.41, 5.74) is -1.01. The lowest BCUT2D eigenvalue weighted by Crippen LogP contribution is -2.19. The SMILES string of the molecule is CCS(=O)(=O)OC1(C#N)CC1. The van der Waals surface area contributed by atoms with E-state index in [4.69, 9.17) is 5.26 Å². The van der Waals surface area contributed by atoms with E-state index in [2.05, 4.69) is 4.18 Å². The number of hydrogen-bond donors (Lipinski definition) is 0. The van der Waals surface area contributed by atoms with Gasteiger partial charge in [0.1, 0.15) is 0 Å². The molecule has 0 atom stereocenters. The van der Waals surface area contributed by atoms with Crippen molar-refractivity contribution in [3.05, 3.63) is 0 Å². The zero-order chi connectivity index (χ0) is 8.54. The average Bonchev–Trinajstić information content (AvgIpc) is 2.69. The van der Waals surface area contributed by atoms with Crippen molar-refractivity contribution in [3.63, 3.8) is 0 Å². The van der Waals surface area contributed by atoms with E-state index >= 15 is 0 Å². The van der Waals surface area contributed by atoms with Gasteiger partial charge in [-0.05, 0) is 19.8 Å². The van der Waals surface area contributed by atoms with E-state index in [0.717, 1.165) is 0 Å². The van der Waals surface area contributed by atoms with Crippen LogP contribution >= 0.6 is 0 Å². The van der Waals surface area contributed by atoms with Crippen LogP contribution < -0.4 is 0 Å². The Balaban J connectivity index is 2.64. The highest BCUT2D eigenvalue weighted by atomic mass is 32.2. The Bertz CT molecular complexity index is 283. The summed E-state index contributed by atoms with van der Waals surface area (Å²) in [5.74, 6) is -0.0730. The third-order valence-electron chi connectivity index (χ3n) is 1.55. The van der Waals surface area contributed by atoms with Crippen LogP contribution in [0.2, 0.25) is 0 Å². The van der Waals surface area contributed by atoms with E-state index in [0.29, 0.717) is 12.8 Å². The summed E-state index contributed by atoms with van der Waals surface area (Å²) in [6.07, 6.45) is 1.06. The van der Waals surface area contributed by atoms with Crippen LogP contribution in [0, 0.1) is 11.3 Å². The Labute approximate surface area is 65.9 Å². The first kappa shape index (κ1) is 8.50. The van der Waals surface area contributed by atoms with Crippen LogP contribution in [-0.2, 0) is 14.3 Å². The highest BCUT2D eigenvalue weighted by molar-refractivity contribution is 7.86. The van der Waals surface area contributed by atoms with E-state index in [1.165, 1.54) is 6.92 Å². The Morgan fingerprint density at radius 2 is 2.18 bits per heavy atom. The Morgan fingerprint density at radius 3 is 2.45 bits per heavy atom. The first-order valence-electron chi connectivity index (χ1n) is 3.38. The highest BCUT2D eigenvalue weighted by Crippen LogP contribution is 2.40. The van der Waals surface area contributed by atoms with Crippen LogP contribution in [0.25, 0.3) is 0 Å². The van der Waals surface area contributed by atoms with Crippen LogP contribution in [0.3, 0.4) is 0 Å². The fourth-order valence-electron chi connectivity index (χ4n) is 0.629. The Kier molecular flexibility index (Phi) is 1.90. The summed E-state index contributed by atoms with van der Waals surface area (Å²) < 4.78 is 26.3. The van der Waals surface area contributed by atoms with Gasteiger partial charge in [0.15, 0.2) is 5.60 Å². The molecule has 0 aromatic heterocycles. The van der Waals surface area contributed by atoms with Crippen molar-refractivity contribution < 1.29 is 12.6 Å². The van der Waals surface area contributed by atoms with Crippen molar-refractivity contribution in [1.82, 2.24) is 0 Å². The quantitative estimate of drug-likeness (QED) is 0.582. The minimum absolute atomic E-state index is 0.0730. The third kappa shape index (κ3) is 1.91. The van der Waals surface area contributed by atoms with E-state index in [1.54, 1.807) is 0 Å². The normalized spacial score (nSPS) is 20.7. The summed E-state index contributed by atoms with van der Waals surface area (Å²) in [7, 11) is -3.45. The average molecular weight is 175 g/mol. The number of rotatable bonds is 3. The second kappa shape index (κ2) is 2.47. The molecule has 1 fully saturated rings. The van der Waals surface area contributed by atoms with Crippen LogP contribution in [0.15, 0.2) is 0 Å². The molecule has 11 heavy (non-hydrogen) atoms. The van der Waals surface area contributed by atoms with Crippen molar-refractivity contribution in [3.8, 4) is 6.07 Å². The number of nitriles is 1. The van der Waals surface area contributed by atoms with Gasteiger partial charge in [-0.25, -0.2) is 4.18 Å². The van der Waals surface area contributed by atoms with Gasteiger partial charge in [-0.15, -0.1) is 0 Å². The molecule has 0 radical (unpaired) electrons. The summed E-state index contributed by atoms with van der Waals surface area (Å²) in [6.45, 7) is 1.49. The lowest BCUT2D eigenvalue weighted by atomic mass is 10.4. The van der Waals surface area contributed by atoms with Crippen molar-refractivity contribution >= 4 is 10.1 Å². The molecule has 1 saturated carbocycles. The van der Waals surface area contributed by atoms with Crippen molar-refractivity contribution in [1.29, 1.82) is 5.26 Å². The molecule has 5 heteroatoms. The fourth-order valence-corrected chi connectivity index (χ4v) is 1.44. The van der Waals surface area contributed by atoms with E-state index < -0.39 is 15.7 Å². The predicted octanol–water partition coefficient (Wildman–Crippen LogP) is 0.409. The minimum atomic E-state index is -3.45. The van der Waals surface area contributed by atoms with Crippen molar-refractivity contribution in [2.24, 2.45) is 0 Å². The van der Waals surface area contributed by atoms with Gasteiger partial charge in [0.05, 0.1) is 11.8 Å². The topological polar surface area (TPSA) is 67.2 Å². The van der Waals surface area contributed by atoms with Crippen molar-refractivity contribution in [2.75, 3.05) is 5.75 Å². The summed E-state index contributed by atoms with van der Waals surface area (Å²) in [6, 6.07) is 1.84. The maximum absolute atomic E-state index is 10.8. The van der Waals surface area contributed by atoms with Crippen LogP contribution in [0.1, 0.15) is 19.8 Å². The molecule has 0 aromatic carbocycles. The van der Waals surface area contributed by atoms with Gasteiger partial charge in [-0.1, -0.05) is 0 Å². The molecule has 0 bridgehead atoms. The van der Waals surface area contributed by atoms with Gasteiger partial charge in [-0.2, -0.15) is 13.7 Å². The summed E-state index contributed by atoms with van der Waals surface area (Å²) in [5, 5.41) is 8.48. The maximum atomic E-state index is 10.8. The lowest BCUT2D eigenvalue weighted by Gasteiger charge is -2.05. The monoisotopic (exact) mass is 175 g/mol. The molecule has 0 amide bonds. The van der Waals surface area contributed by atoms with Gasteiger partial charge in [0, 0.05) is 0 Å². The van der Waals surface area contributed by atoms with Gasteiger partial charge in [0.25, 0.3) is 10.1 Å². The molecule has 0 aromatic rings. The molecular formula is C6H9NO3S. The molecule has 0 unspecified atom stereocenters. The first-order chi connectivity index (χ1) is 5.04. The largest absolute Gasteiger partial charge is 0.268 e. The molecule has 1 aliphatic carbocycles. The fraction of sp³-hybridized carbons (Fsp3) is 0.833. The van der Waals surface area contributed by atoms with E-state index in [-0.39, 0.29) is 5.75 Å². The second-order valence-corrected chi connectivity index (χ2v) is 4.40. The standard InChI is InChI=1S/C6H9NO3S/c1-2-11(8,9)10-6(5-7)3-4-6/h2-4H2,1H3. The van der Waals surface area contributed by atoms with Gasteiger partial charge in [0.2, 0.25) is 0 Å². The molecule has 0 spiro atoms. The maximum Gasteiger partial charge on any atom is 0.268 e. The summed E-state index contributed by atoms with van der Waals surface area (Å²) in [4.78, 5) is 0. The number of hydrogen-bond acceptors (Lipinski definition) is 4. The molecule has 0 N–H and O–H groups in total. The third-order valence-corrected chi connectivity index (χ3v) is 2.83. The Morgan fingerprint density at radius 1 is 1.64 bits per heavy atom. The summed E-state index contributed by atoms with van der Waals surface area (Å²) >= 11 is 0. The smallest absolute Gasteiger partial charge is 0.248 e. The van der Waals surface area contributed by atoms with Crippen LogP contribution in [-0.4, -0.2) is 19.8 Å². The molecule has 0 aliphatic heterocycles. The zero-order valence-corrected chi connectivity index (χ0v) is 7.02. The predicted molar refractivity (Wildman–Crippen MR) is 38.1 cm³/mol. The zero-order valence-electron chi connectivity index (χ0n) is 6.20. The minimum Gasteiger partial charge on any atom is -0.248 e. The molecule has 1 rings (SSSR count). The van der Waals surface area contributed by atoms with Gasteiger partial charge >= 0.3 is 0 Å². The van der Waals surface area contributed by atoms with Gasteiger partial charge < -0.3 is 0 Å². The van der Waals surface area contributed by atoms with Gasteiger partial charge in [-0.3, -0.25) is 0 Å². The molecule has 4 nitrogen and oxygen atoms in total. The van der Waals surface area contributed by atoms with Crippen LogP contribution in [0.4, 0.5) is 0 Å². The molecular weight excluding hydrogens is 166 g/mol. The molecule has 0 saturated heterocycles. The van der Waals surface area contributed by atoms with E-state index in [9.17, 15) is 8.42 Å². The van der Waals surface area contributed by atoms with E-state index in [1.807, 2.05) is 6.07 Å². The first-order valence-corrected chi connectivity index (χ1v) is 4.96. The van der Waals surface area contributed by atoms with Crippen LogP contribution in [0.5, 0.6) is 0 Å². The lowest BCUT2D eigenvalue weighted by molar-refractivity contribution is 0.245.